The first kappa shape index (κ1) is 6.53. The van der Waals surface area contributed by atoms with Crippen molar-refractivity contribution in [1.29, 1.82) is 5.26 Å². The number of ether oxygens (including phenoxy) is 1. The van der Waals surface area contributed by atoms with Crippen molar-refractivity contribution in [2.24, 2.45) is 5.73 Å². The molecule has 0 aromatic rings. The summed E-state index contributed by atoms with van der Waals surface area (Å²) in [5.41, 5.74) is 5.39. The quantitative estimate of drug-likeness (QED) is 0.538. The summed E-state index contributed by atoms with van der Waals surface area (Å²) >= 11 is 0. The summed E-state index contributed by atoms with van der Waals surface area (Å²) in [5, 5.41) is 8.34. The normalized spacial score (nSPS) is 29.6. The third-order valence-corrected chi connectivity index (χ3v) is 1.51. The van der Waals surface area contributed by atoms with Gasteiger partial charge in [0, 0.05) is 6.61 Å². The minimum Gasteiger partial charge on any atom is -0.375 e. The fourth-order valence-electron chi connectivity index (χ4n) is 0.969. The molecule has 1 fully saturated rings. The number of hydrogen-bond donors (Lipinski definition) is 1. The zero-order valence-corrected chi connectivity index (χ0v) is 5.21. The van der Waals surface area contributed by atoms with Crippen LogP contribution in [0.15, 0.2) is 0 Å². The first-order chi connectivity index (χ1) is 4.34. The first-order valence-electron chi connectivity index (χ1n) is 3.11. The number of nitrogens with two attached hydrogens (primary N) is 1. The Bertz CT molecular complexity index is 124. The van der Waals surface area contributed by atoms with Crippen LogP contribution in [-0.4, -0.2) is 18.8 Å². The van der Waals surface area contributed by atoms with Crippen LogP contribution in [0.1, 0.15) is 12.8 Å². The predicted octanol–water partition coefficient (Wildman–Crippen LogP) is 0.0163. The highest BCUT2D eigenvalue weighted by atomic mass is 16.5. The molecule has 1 rings (SSSR count). The van der Waals surface area contributed by atoms with E-state index in [1.54, 1.807) is 0 Å². The molecule has 1 aliphatic rings. The molecule has 1 saturated heterocycles. The summed E-state index contributed by atoms with van der Waals surface area (Å²) in [5.74, 6) is 0. The average Bonchev–Trinajstić information content (AvgIpc) is 2.37. The molecule has 9 heavy (non-hydrogen) atoms. The summed E-state index contributed by atoms with van der Waals surface area (Å²) in [6.07, 6.45) is 1.98. The van der Waals surface area contributed by atoms with Crippen LogP contribution in [-0.2, 0) is 4.74 Å². The van der Waals surface area contributed by atoms with Gasteiger partial charge in [-0.25, -0.2) is 0 Å². The van der Waals surface area contributed by atoms with Gasteiger partial charge < -0.3 is 10.5 Å². The molecular formula is C6H10N2O. The lowest BCUT2D eigenvalue weighted by Crippen LogP contribution is -2.32. The van der Waals surface area contributed by atoms with Gasteiger partial charge in [0.15, 0.2) is 0 Å². The fraction of sp³-hybridized carbons (Fsp3) is 0.833. The van der Waals surface area contributed by atoms with E-state index in [-0.39, 0.29) is 6.10 Å². The number of hydrogen-bond acceptors (Lipinski definition) is 3. The minimum atomic E-state index is -0.424. The summed E-state index contributed by atoms with van der Waals surface area (Å²) in [6, 6.07) is 1.54. The van der Waals surface area contributed by atoms with Crippen molar-refractivity contribution in [2.75, 3.05) is 6.61 Å². The zero-order chi connectivity index (χ0) is 6.69. The van der Waals surface area contributed by atoms with Crippen molar-refractivity contribution >= 4 is 0 Å². The van der Waals surface area contributed by atoms with E-state index in [0.717, 1.165) is 19.4 Å². The van der Waals surface area contributed by atoms with E-state index in [1.165, 1.54) is 0 Å². The molecule has 0 unspecified atom stereocenters. The second-order valence-electron chi connectivity index (χ2n) is 2.21. The fourth-order valence-corrected chi connectivity index (χ4v) is 0.969. The van der Waals surface area contributed by atoms with Crippen LogP contribution >= 0.6 is 0 Å². The van der Waals surface area contributed by atoms with Crippen LogP contribution in [0.3, 0.4) is 0 Å². The molecule has 50 valence electrons. The highest BCUT2D eigenvalue weighted by Gasteiger charge is 2.21. The Kier molecular flexibility index (Phi) is 2.04. The number of nitrogens with zero attached hydrogens (tertiary/aromatic N) is 1. The van der Waals surface area contributed by atoms with Crippen molar-refractivity contribution in [2.45, 2.75) is 25.0 Å². The van der Waals surface area contributed by atoms with Gasteiger partial charge in [0.05, 0.1) is 12.2 Å². The highest BCUT2D eigenvalue weighted by molar-refractivity contribution is 4.94. The lowest BCUT2D eigenvalue weighted by molar-refractivity contribution is 0.103. The predicted molar refractivity (Wildman–Crippen MR) is 32.6 cm³/mol. The van der Waals surface area contributed by atoms with E-state index >= 15 is 0 Å². The SMILES string of the molecule is N#C[C@@H](N)[C@H]1CCCO1. The Morgan fingerprint density at radius 2 is 2.56 bits per heavy atom. The standard InChI is InChI=1S/C6H10N2O/c7-4-5(8)6-2-1-3-9-6/h5-6H,1-3,8H2/t5-,6-/m1/s1. The van der Waals surface area contributed by atoms with E-state index < -0.39 is 6.04 Å². The van der Waals surface area contributed by atoms with Gasteiger partial charge in [0.1, 0.15) is 6.04 Å². The third kappa shape index (κ3) is 1.41. The Hall–Kier alpha value is -0.590. The number of nitriles is 1. The molecule has 1 aliphatic heterocycles. The molecule has 0 bridgehead atoms. The Balaban J connectivity index is 2.34. The highest BCUT2D eigenvalue weighted by Crippen LogP contribution is 2.13. The third-order valence-electron chi connectivity index (χ3n) is 1.51. The van der Waals surface area contributed by atoms with Gasteiger partial charge in [0.2, 0.25) is 0 Å². The number of rotatable bonds is 1. The van der Waals surface area contributed by atoms with Gasteiger partial charge in [0.25, 0.3) is 0 Å². The van der Waals surface area contributed by atoms with Crippen LogP contribution in [0.5, 0.6) is 0 Å². The lowest BCUT2D eigenvalue weighted by Gasteiger charge is -2.09. The van der Waals surface area contributed by atoms with E-state index in [2.05, 4.69) is 0 Å². The molecule has 0 aromatic carbocycles. The summed E-state index contributed by atoms with van der Waals surface area (Å²) in [6.45, 7) is 0.764. The molecule has 0 aliphatic carbocycles. The van der Waals surface area contributed by atoms with Crippen LogP contribution < -0.4 is 5.73 Å². The monoisotopic (exact) mass is 126 g/mol. The maximum absolute atomic E-state index is 8.34. The molecular weight excluding hydrogens is 116 g/mol. The summed E-state index contributed by atoms with van der Waals surface area (Å²) < 4.78 is 5.16. The molecule has 0 amide bonds. The van der Waals surface area contributed by atoms with Crippen molar-refractivity contribution in [3.63, 3.8) is 0 Å². The second-order valence-corrected chi connectivity index (χ2v) is 2.21. The maximum atomic E-state index is 8.34. The Morgan fingerprint density at radius 3 is 3.00 bits per heavy atom. The summed E-state index contributed by atoms with van der Waals surface area (Å²) in [4.78, 5) is 0. The summed E-state index contributed by atoms with van der Waals surface area (Å²) in [7, 11) is 0. The van der Waals surface area contributed by atoms with E-state index in [4.69, 9.17) is 15.7 Å². The van der Waals surface area contributed by atoms with Crippen LogP contribution in [0.25, 0.3) is 0 Å². The smallest absolute Gasteiger partial charge is 0.119 e. The van der Waals surface area contributed by atoms with E-state index in [1.807, 2.05) is 6.07 Å². The first-order valence-corrected chi connectivity index (χ1v) is 3.11. The minimum absolute atomic E-state index is 0.00463. The van der Waals surface area contributed by atoms with Crippen molar-refractivity contribution in [3.05, 3.63) is 0 Å². The maximum Gasteiger partial charge on any atom is 0.119 e. The van der Waals surface area contributed by atoms with Crippen molar-refractivity contribution in [3.8, 4) is 6.07 Å². The van der Waals surface area contributed by atoms with Gasteiger partial charge in [-0.1, -0.05) is 0 Å². The molecule has 0 saturated carbocycles. The largest absolute Gasteiger partial charge is 0.375 e. The molecule has 3 nitrogen and oxygen atoms in total. The lowest BCUT2D eigenvalue weighted by atomic mass is 10.1. The van der Waals surface area contributed by atoms with Crippen molar-refractivity contribution < 1.29 is 4.74 Å². The van der Waals surface area contributed by atoms with Gasteiger partial charge in [-0.2, -0.15) is 5.26 Å². The molecule has 2 N–H and O–H groups in total. The van der Waals surface area contributed by atoms with Gasteiger partial charge in [-0.15, -0.1) is 0 Å². The molecule has 0 aromatic heterocycles. The molecule has 3 heteroatoms. The van der Waals surface area contributed by atoms with Crippen molar-refractivity contribution in [1.82, 2.24) is 0 Å². The molecule has 2 atom stereocenters. The second kappa shape index (κ2) is 2.81. The van der Waals surface area contributed by atoms with E-state index in [9.17, 15) is 0 Å². The Labute approximate surface area is 54.4 Å². The molecule has 0 spiro atoms. The Morgan fingerprint density at radius 1 is 1.78 bits per heavy atom. The molecule has 0 radical (unpaired) electrons. The van der Waals surface area contributed by atoms with Crippen LogP contribution in [0.2, 0.25) is 0 Å². The zero-order valence-electron chi connectivity index (χ0n) is 5.21. The van der Waals surface area contributed by atoms with Gasteiger partial charge >= 0.3 is 0 Å². The van der Waals surface area contributed by atoms with Gasteiger partial charge in [-0.3, -0.25) is 0 Å². The molecule has 1 heterocycles. The van der Waals surface area contributed by atoms with Crippen LogP contribution in [0.4, 0.5) is 0 Å². The van der Waals surface area contributed by atoms with E-state index in [0.29, 0.717) is 0 Å². The van der Waals surface area contributed by atoms with Gasteiger partial charge in [-0.05, 0) is 12.8 Å². The average molecular weight is 126 g/mol. The van der Waals surface area contributed by atoms with Crippen LogP contribution in [0, 0.1) is 11.3 Å². The topological polar surface area (TPSA) is 59.0 Å².